The lowest BCUT2D eigenvalue weighted by atomic mass is 9.99. The van der Waals surface area contributed by atoms with Gasteiger partial charge in [-0.25, -0.2) is 4.79 Å². The molecule has 134 valence electrons. The normalized spacial score (nSPS) is 14.6. The number of amides is 3. The molecule has 0 bridgehead atoms. The van der Waals surface area contributed by atoms with Gasteiger partial charge in [-0.3, -0.25) is 9.52 Å². The third-order valence-electron chi connectivity index (χ3n) is 5.12. The van der Waals surface area contributed by atoms with Gasteiger partial charge in [0.25, 0.3) is 0 Å². The van der Waals surface area contributed by atoms with Crippen molar-refractivity contribution < 1.29 is 9.59 Å². The van der Waals surface area contributed by atoms with Crippen LogP contribution in [0, 0.1) is 0 Å². The predicted octanol–water partition coefficient (Wildman–Crippen LogP) is 3.59. The highest BCUT2D eigenvalue weighted by molar-refractivity contribution is 7.98. The van der Waals surface area contributed by atoms with Gasteiger partial charge in [0.2, 0.25) is 5.91 Å². The number of nitrogens with one attached hydrogen (secondary N) is 2. The van der Waals surface area contributed by atoms with Gasteiger partial charge >= 0.3 is 6.03 Å². The summed E-state index contributed by atoms with van der Waals surface area (Å²) in [7, 11) is 0. The Morgan fingerprint density at radius 1 is 0.962 bits per heavy atom. The molecule has 2 aliphatic carbocycles. The molecule has 0 spiro atoms. The average Bonchev–Trinajstić information content (AvgIpc) is 3.29. The van der Waals surface area contributed by atoms with E-state index >= 15 is 0 Å². The molecular formula is C20H21N3O2S. The van der Waals surface area contributed by atoms with Gasteiger partial charge in [0.1, 0.15) is 0 Å². The molecule has 0 fully saturated rings. The number of hydrogen-bond donors (Lipinski definition) is 3. The van der Waals surface area contributed by atoms with Crippen molar-refractivity contribution in [3.63, 3.8) is 0 Å². The molecule has 4 N–H and O–H groups in total. The largest absolute Gasteiger partial charge is 0.366 e. The fraction of sp³-hybridized carbons (Fsp3) is 0.300. The zero-order valence-corrected chi connectivity index (χ0v) is 15.2. The van der Waals surface area contributed by atoms with Crippen molar-refractivity contribution in [3.05, 3.63) is 58.1 Å². The smallest absolute Gasteiger partial charge is 0.329 e. The zero-order chi connectivity index (χ0) is 18.1. The molecule has 0 aromatic heterocycles. The molecule has 0 saturated carbocycles. The Balaban J connectivity index is 1.51. The molecular weight excluding hydrogens is 346 g/mol. The zero-order valence-electron chi connectivity index (χ0n) is 14.4. The van der Waals surface area contributed by atoms with Crippen molar-refractivity contribution >= 4 is 29.6 Å². The molecule has 0 radical (unpaired) electrons. The van der Waals surface area contributed by atoms with E-state index in [1.54, 1.807) is 18.2 Å². The molecule has 3 amide bonds. The molecule has 5 nitrogen and oxygen atoms in total. The number of anilines is 1. The first-order valence-corrected chi connectivity index (χ1v) is 9.74. The van der Waals surface area contributed by atoms with E-state index in [2.05, 4.69) is 16.1 Å². The Kier molecular flexibility index (Phi) is 4.59. The van der Waals surface area contributed by atoms with Gasteiger partial charge in [0.05, 0.1) is 5.56 Å². The summed E-state index contributed by atoms with van der Waals surface area (Å²) in [6, 6.07) is 9.05. The topological polar surface area (TPSA) is 84.2 Å². The maximum Gasteiger partial charge on any atom is 0.329 e. The number of rotatable bonds is 4. The van der Waals surface area contributed by atoms with Crippen molar-refractivity contribution in [3.8, 4) is 0 Å². The Morgan fingerprint density at radius 2 is 1.62 bits per heavy atom. The maximum atomic E-state index is 12.5. The average molecular weight is 367 g/mol. The maximum absolute atomic E-state index is 12.5. The first kappa shape index (κ1) is 17.0. The van der Waals surface area contributed by atoms with Crippen LogP contribution in [0.1, 0.15) is 45.5 Å². The predicted molar refractivity (Wildman–Crippen MR) is 103 cm³/mol. The highest BCUT2D eigenvalue weighted by Crippen LogP contribution is 2.38. The highest BCUT2D eigenvalue weighted by atomic mass is 32.2. The fourth-order valence-electron chi connectivity index (χ4n) is 3.97. The number of aryl methyl sites for hydroxylation is 2. The third kappa shape index (κ3) is 3.17. The molecule has 0 saturated heterocycles. The monoisotopic (exact) mass is 367 g/mol. The van der Waals surface area contributed by atoms with Gasteiger partial charge in [-0.2, -0.15) is 0 Å². The SMILES string of the molecule is NC(=O)c1ccccc1SNC(=O)Nc1c2c(cc3c1CCC3)CCC2. The van der Waals surface area contributed by atoms with Crippen molar-refractivity contribution in [2.24, 2.45) is 5.73 Å². The van der Waals surface area contributed by atoms with Crippen LogP contribution in [0.2, 0.25) is 0 Å². The lowest BCUT2D eigenvalue weighted by molar-refractivity contribution is 0.0997. The first-order chi connectivity index (χ1) is 12.6. The number of fused-ring (bicyclic) bond motifs is 2. The van der Waals surface area contributed by atoms with Gasteiger partial charge in [0.15, 0.2) is 0 Å². The Labute approximate surface area is 156 Å². The molecule has 6 heteroatoms. The Bertz CT molecular complexity index is 863. The summed E-state index contributed by atoms with van der Waals surface area (Å²) in [5.74, 6) is -0.506. The van der Waals surface area contributed by atoms with Crippen LogP contribution in [0.4, 0.5) is 10.5 Å². The minimum atomic E-state index is -0.506. The lowest BCUT2D eigenvalue weighted by Crippen LogP contribution is -2.25. The quantitative estimate of drug-likeness (QED) is 0.722. The van der Waals surface area contributed by atoms with Crippen molar-refractivity contribution in [2.45, 2.75) is 43.4 Å². The molecule has 0 unspecified atom stereocenters. The van der Waals surface area contributed by atoms with Crippen LogP contribution < -0.4 is 15.8 Å². The van der Waals surface area contributed by atoms with Crippen molar-refractivity contribution in [1.29, 1.82) is 0 Å². The second kappa shape index (κ2) is 7.03. The number of carbonyl (C=O) groups is 2. The van der Waals surface area contributed by atoms with Crippen LogP contribution in [-0.4, -0.2) is 11.9 Å². The molecule has 0 atom stereocenters. The molecule has 26 heavy (non-hydrogen) atoms. The van der Waals surface area contributed by atoms with Gasteiger partial charge in [-0.1, -0.05) is 18.2 Å². The molecule has 0 heterocycles. The summed E-state index contributed by atoms with van der Waals surface area (Å²) >= 11 is 1.11. The van der Waals surface area contributed by atoms with Crippen LogP contribution in [0.3, 0.4) is 0 Å². The molecule has 0 aliphatic heterocycles. The number of nitrogens with two attached hydrogens (primary N) is 1. The van der Waals surface area contributed by atoms with E-state index in [1.165, 1.54) is 22.3 Å². The fourth-order valence-corrected chi connectivity index (χ4v) is 4.65. The summed E-state index contributed by atoms with van der Waals surface area (Å²) in [4.78, 5) is 24.6. The first-order valence-electron chi connectivity index (χ1n) is 8.92. The van der Waals surface area contributed by atoms with Crippen LogP contribution in [0.15, 0.2) is 35.2 Å². The lowest BCUT2D eigenvalue weighted by Gasteiger charge is -2.16. The van der Waals surface area contributed by atoms with E-state index in [9.17, 15) is 9.59 Å². The summed E-state index contributed by atoms with van der Waals surface area (Å²) in [6.07, 6.45) is 6.54. The van der Waals surface area contributed by atoms with Gasteiger partial charge in [-0.15, -0.1) is 0 Å². The van der Waals surface area contributed by atoms with Crippen molar-refractivity contribution in [2.75, 3.05) is 5.32 Å². The van der Waals surface area contributed by atoms with Gasteiger partial charge < -0.3 is 11.1 Å². The number of hydrogen-bond acceptors (Lipinski definition) is 3. The van der Waals surface area contributed by atoms with Gasteiger partial charge in [-0.05, 0) is 84.9 Å². The van der Waals surface area contributed by atoms with E-state index < -0.39 is 5.91 Å². The summed E-state index contributed by atoms with van der Waals surface area (Å²) < 4.78 is 2.78. The number of carbonyl (C=O) groups excluding carboxylic acids is 2. The van der Waals surface area contributed by atoms with E-state index in [0.29, 0.717) is 10.5 Å². The minimum absolute atomic E-state index is 0.274. The van der Waals surface area contributed by atoms with E-state index in [4.69, 9.17) is 5.73 Å². The Morgan fingerprint density at radius 3 is 2.27 bits per heavy atom. The van der Waals surface area contributed by atoms with Crippen molar-refractivity contribution in [1.82, 2.24) is 4.72 Å². The van der Waals surface area contributed by atoms with E-state index in [0.717, 1.165) is 56.2 Å². The van der Waals surface area contributed by atoms with Crippen LogP contribution in [-0.2, 0) is 25.7 Å². The number of urea groups is 1. The highest BCUT2D eigenvalue weighted by Gasteiger charge is 2.25. The molecule has 4 rings (SSSR count). The standard InChI is InChI=1S/C20H21N3O2S/c21-19(24)16-7-1-2-10-17(16)26-23-20(25)22-18-14-8-3-5-12(14)11-13-6-4-9-15(13)18/h1-2,7,10-11H,3-6,8-9H2,(H2,21,24)(H2,22,23,25). The third-order valence-corrected chi connectivity index (χ3v) is 5.98. The van der Waals surface area contributed by atoms with E-state index in [-0.39, 0.29) is 6.03 Å². The van der Waals surface area contributed by atoms with Gasteiger partial charge in [0, 0.05) is 10.6 Å². The second-order valence-electron chi connectivity index (χ2n) is 6.75. The van der Waals surface area contributed by atoms with E-state index in [1.807, 2.05) is 6.07 Å². The number of primary amides is 1. The van der Waals surface area contributed by atoms with Crippen LogP contribution >= 0.6 is 11.9 Å². The molecule has 2 aromatic rings. The minimum Gasteiger partial charge on any atom is -0.366 e. The summed E-state index contributed by atoms with van der Waals surface area (Å²) in [5.41, 5.74) is 12.2. The molecule has 2 aromatic carbocycles. The molecule has 2 aliphatic rings. The summed E-state index contributed by atoms with van der Waals surface area (Å²) in [6.45, 7) is 0. The van der Waals surface area contributed by atoms with Crippen LogP contribution in [0.25, 0.3) is 0 Å². The number of benzene rings is 2. The Hall–Kier alpha value is -2.47. The second-order valence-corrected chi connectivity index (χ2v) is 7.60. The summed E-state index contributed by atoms with van der Waals surface area (Å²) in [5, 5.41) is 3.07. The van der Waals surface area contributed by atoms with Crippen LogP contribution in [0.5, 0.6) is 0 Å².